The SMILES string of the molecule is Cc1cccnc1CNCCCNC(=O)OC(C)(C)C. The van der Waals surface area contributed by atoms with Crippen molar-refractivity contribution < 1.29 is 9.53 Å². The molecule has 112 valence electrons. The highest BCUT2D eigenvalue weighted by Gasteiger charge is 2.15. The molecule has 2 N–H and O–H groups in total. The molecule has 1 aromatic rings. The number of hydrogen-bond acceptors (Lipinski definition) is 4. The molecule has 1 heterocycles. The van der Waals surface area contributed by atoms with Crippen LogP contribution in [0.25, 0.3) is 0 Å². The minimum Gasteiger partial charge on any atom is -0.444 e. The smallest absolute Gasteiger partial charge is 0.407 e. The molecule has 5 nitrogen and oxygen atoms in total. The molecule has 0 aromatic carbocycles. The Morgan fingerprint density at radius 3 is 2.75 bits per heavy atom. The topological polar surface area (TPSA) is 63.2 Å². The van der Waals surface area contributed by atoms with Crippen molar-refractivity contribution in [3.8, 4) is 0 Å². The van der Waals surface area contributed by atoms with Crippen molar-refractivity contribution in [1.82, 2.24) is 15.6 Å². The minimum absolute atomic E-state index is 0.363. The molecule has 0 spiro atoms. The summed E-state index contributed by atoms with van der Waals surface area (Å²) in [5.41, 5.74) is 1.80. The number of carbonyl (C=O) groups is 1. The molecule has 0 saturated carbocycles. The predicted octanol–water partition coefficient (Wildman–Crippen LogP) is 2.39. The number of rotatable bonds is 6. The zero-order chi connectivity index (χ0) is 15.0. The zero-order valence-corrected chi connectivity index (χ0v) is 12.8. The molecule has 1 aromatic heterocycles. The fourth-order valence-corrected chi connectivity index (χ4v) is 1.63. The summed E-state index contributed by atoms with van der Waals surface area (Å²) in [5.74, 6) is 0. The van der Waals surface area contributed by atoms with Crippen molar-refractivity contribution in [2.24, 2.45) is 0 Å². The Kier molecular flexibility index (Phi) is 6.45. The molecule has 0 fully saturated rings. The Bertz CT molecular complexity index is 427. The molecule has 0 radical (unpaired) electrons. The summed E-state index contributed by atoms with van der Waals surface area (Å²) in [6, 6.07) is 3.98. The zero-order valence-electron chi connectivity index (χ0n) is 12.8. The summed E-state index contributed by atoms with van der Waals surface area (Å²) in [5, 5.41) is 6.04. The lowest BCUT2D eigenvalue weighted by atomic mass is 10.2. The standard InChI is InChI=1S/C15H25N3O2/c1-12-7-5-9-17-13(12)11-16-8-6-10-18-14(19)20-15(2,3)4/h5,7,9,16H,6,8,10-11H2,1-4H3,(H,18,19). The summed E-state index contributed by atoms with van der Waals surface area (Å²) >= 11 is 0. The number of alkyl carbamates (subject to hydrolysis) is 1. The van der Waals surface area contributed by atoms with Crippen LogP contribution in [0.3, 0.4) is 0 Å². The Labute approximate surface area is 121 Å². The van der Waals surface area contributed by atoms with Crippen LogP contribution in [-0.2, 0) is 11.3 Å². The number of ether oxygens (including phenoxy) is 1. The Hall–Kier alpha value is -1.62. The maximum atomic E-state index is 11.4. The van der Waals surface area contributed by atoms with Gasteiger partial charge in [0.25, 0.3) is 0 Å². The van der Waals surface area contributed by atoms with Gasteiger partial charge in [-0.2, -0.15) is 0 Å². The molecular formula is C15H25N3O2. The quantitative estimate of drug-likeness (QED) is 0.785. The molecule has 1 amide bonds. The van der Waals surface area contributed by atoms with Gasteiger partial charge in [-0.3, -0.25) is 4.98 Å². The third kappa shape index (κ3) is 7.09. The summed E-state index contributed by atoms with van der Waals surface area (Å²) in [7, 11) is 0. The van der Waals surface area contributed by atoms with Gasteiger partial charge in [-0.15, -0.1) is 0 Å². The molecule has 0 saturated heterocycles. The van der Waals surface area contributed by atoms with Gasteiger partial charge in [0, 0.05) is 19.3 Å². The Morgan fingerprint density at radius 2 is 2.10 bits per heavy atom. The van der Waals surface area contributed by atoms with Crippen LogP contribution in [-0.4, -0.2) is 29.8 Å². The summed E-state index contributed by atoms with van der Waals surface area (Å²) in [4.78, 5) is 15.7. The van der Waals surface area contributed by atoms with Crippen LogP contribution in [0, 0.1) is 6.92 Å². The first-order valence-electron chi connectivity index (χ1n) is 6.96. The van der Waals surface area contributed by atoms with Gasteiger partial charge in [0.2, 0.25) is 0 Å². The molecule has 1 rings (SSSR count). The van der Waals surface area contributed by atoms with Crippen molar-refractivity contribution in [3.05, 3.63) is 29.6 Å². The second kappa shape index (κ2) is 7.85. The first-order valence-corrected chi connectivity index (χ1v) is 6.96. The molecule has 0 aliphatic carbocycles. The van der Waals surface area contributed by atoms with Crippen molar-refractivity contribution >= 4 is 6.09 Å². The van der Waals surface area contributed by atoms with E-state index in [4.69, 9.17) is 4.74 Å². The second-order valence-electron chi connectivity index (χ2n) is 5.73. The lowest BCUT2D eigenvalue weighted by molar-refractivity contribution is 0.0527. The molecular weight excluding hydrogens is 254 g/mol. The van der Waals surface area contributed by atoms with Gasteiger partial charge in [-0.1, -0.05) is 6.07 Å². The number of pyridine rings is 1. The second-order valence-corrected chi connectivity index (χ2v) is 5.73. The average Bonchev–Trinajstić information content (AvgIpc) is 2.33. The van der Waals surface area contributed by atoms with E-state index in [0.29, 0.717) is 6.54 Å². The van der Waals surface area contributed by atoms with Gasteiger partial charge in [-0.05, 0) is 52.3 Å². The number of hydrogen-bond donors (Lipinski definition) is 2. The number of aryl methyl sites for hydroxylation is 1. The van der Waals surface area contributed by atoms with E-state index < -0.39 is 5.60 Å². The van der Waals surface area contributed by atoms with E-state index in [1.54, 1.807) is 6.20 Å². The molecule has 5 heteroatoms. The highest BCUT2D eigenvalue weighted by molar-refractivity contribution is 5.67. The third-order valence-corrected chi connectivity index (χ3v) is 2.61. The Balaban J connectivity index is 2.08. The molecule has 0 atom stereocenters. The molecule has 0 unspecified atom stereocenters. The minimum atomic E-state index is -0.446. The first-order chi connectivity index (χ1) is 9.38. The van der Waals surface area contributed by atoms with Crippen molar-refractivity contribution in [1.29, 1.82) is 0 Å². The molecule has 0 aliphatic heterocycles. The van der Waals surface area contributed by atoms with Gasteiger partial charge in [-0.25, -0.2) is 4.79 Å². The van der Waals surface area contributed by atoms with Crippen molar-refractivity contribution in [3.63, 3.8) is 0 Å². The lowest BCUT2D eigenvalue weighted by Gasteiger charge is -2.19. The number of amides is 1. The van der Waals surface area contributed by atoms with Gasteiger partial charge in [0.05, 0.1) is 5.69 Å². The highest BCUT2D eigenvalue weighted by Crippen LogP contribution is 2.06. The maximum Gasteiger partial charge on any atom is 0.407 e. The molecule has 0 bridgehead atoms. The van der Waals surface area contributed by atoms with E-state index in [1.807, 2.05) is 39.8 Å². The normalized spacial score (nSPS) is 11.2. The van der Waals surface area contributed by atoms with E-state index in [1.165, 1.54) is 5.56 Å². The average molecular weight is 279 g/mol. The van der Waals surface area contributed by atoms with Crippen LogP contribution in [0.5, 0.6) is 0 Å². The van der Waals surface area contributed by atoms with Crippen molar-refractivity contribution in [2.75, 3.05) is 13.1 Å². The largest absolute Gasteiger partial charge is 0.444 e. The van der Waals surface area contributed by atoms with Crippen LogP contribution in [0.4, 0.5) is 4.79 Å². The van der Waals surface area contributed by atoms with E-state index in [-0.39, 0.29) is 6.09 Å². The van der Waals surface area contributed by atoms with E-state index in [9.17, 15) is 4.79 Å². The predicted molar refractivity (Wildman–Crippen MR) is 79.5 cm³/mol. The van der Waals surface area contributed by atoms with Crippen LogP contribution in [0.2, 0.25) is 0 Å². The van der Waals surface area contributed by atoms with E-state index >= 15 is 0 Å². The summed E-state index contributed by atoms with van der Waals surface area (Å²) in [6.45, 7) is 9.78. The third-order valence-electron chi connectivity index (χ3n) is 2.61. The van der Waals surface area contributed by atoms with E-state index in [0.717, 1.165) is 25.2 Å². The lowest BCUT2D eigenvalue weighted by Crippen LogP contribution is -2.33. The molecule has 20 heavy (non-hydrogen) atoms. The fraction of sp³-hybridized carbons (Fsp3) is 0.600. The van der Waals surface area contributed by atoms with Crippen LogP contribution < -0.4 is 10.6 Å². The van der Waals surface area contributed by atoms with Gasteiger partial charge >= 0.3 is 6.09 Å². The van der Waals surface area contributed by atoms with Crippen molar-refractivity contribution in [2.45, 2.75) is 46.3 Å². The van der Waals surface area contributed by atoms with Crippen LogP contribution >= 0.6 is 0 Å². The number of aromatic nitrogens is 1. The fourth-order valence-electron chi connectivity index (χ4n) is 1.63. The first kappa shape index (κ1) is 16.4. The van der Waals surface area contributed by atoms with Crippen LogP contribution in [0.1, 0.15) is 38.4 Å². The highest BCUT2D eigenvalue weighted by atomic mass is 16.6. The number of nitrogens with zero attached hydrogens (tertiary/aromatic N) is 1. The maximum absolute atomic E-state index is 11.4. The van der Waals surface area contributed by atoms with E-state index in [2.05, 4.69) is 15.6 Å². The monoisotopic (exact) mass is 279 g/mol. The van der Waals surface area contributed by atoms with Gasteiger partial charge in [0.1, 0.15) is 5.60 Å². The number of carbonyl (C=O) groups excluding carboxylic acids is 1. The van der Waals surface area contributed by atoms with Gasteiger partial charge in [0.15, 0.2) is 0 Å². The number of nitrogens with one attached hydrogen (secondary N) is 2. The summed E-state index contributed by atoms with van der Waals surface area (Å²) in [6.07, 6.45) is 2.29. The Morgan fingerprint density at radius 1 is 1.35 bits per heavy atom. The van der Waals surface area contributed by atoms with Crippen LogP contribution in [0.15, 0.2) is 18.3 Å². The van der Waals surface area contributed by atoms with Gasteiger partial charge < -0.3 is 15.4 Å². The summed E-state index contributed by atoms with van der Waals surface area (Å²) < 4.78 is 5.15. The molecule has 0 aliphatic rings.